The Morgan fingerprint density at radius 3 is 1.85 bits per heavy atom. The van der Waals surface area contributed by atoms with Gasteiger partial charge in [0.15, 0.2) is 16.7 Å². The molecule has 0 fully saturated rings. The predicted molar refractivity (Wildman–Crippen MR) is 426 cm³/mol. The molecular formula is C81H111N9O23S2. The zero-order chi connectivity index (χ0) is 83.0. The Labute approximate surface area is 676 Å². The smallest absolute Gasteiger partial charge is 0.457 e. The van der Waals surface area contributed by atoms with Gasteiger partial charge in [0.05, 0.1) is 133 Å². The van der Waals surface area contributed by atoms with Crippen molar-refractivity contribution in [3.8, 4) is 23.2 Å². The molecule has 3 atom stereocenters. The number of amides is 4. The molecule has 630 valence electrons. The van der Waals surface area contributed by atoms with Gasteiger partial charge in [0.1, 0.15) is 38.3 Å². The van der Waals surface area contributed by atoms with E-state index in [0.717, 1.165) is 28.5 Å². The molecule has 0 bridgehead atoms. The van der Waals surface area contributed by atoms with Crippen molar-refractivity contribution in [1.82, 2.24) is 34.5 Å². The van der Waals surface area contributed by atoms with Gasteiger partial charge in [-0.2, -0.15) is 4.31 Å². The lowest BCUT2D eigenvalue weighted by Crippen LogP contribution is -2.47. The fourth-order valence-corrected chi connectivity index (χ4v) is 14.2. The number of carbonyl (C=O) groups is 8. The summed E-state index contributed by atoms with van der Waals surface area (Å²) >= 11 is 1.48. The molecule has 7 rings (SSSR count). The number of benzene rings is 2. The molecule has 115 heavy (non-hydrogen) atoms. The maximum absolute atomic E-state index is 14.5. The summed E-state index contributed by atoms with van der Waals surface area (Å²) in [5, 5.41) is 9.53. The van der Waals surface area contributed by atoms with Crippen molar-refractivity contribution in [2.24, 2.45) is 17.6 Å². The Balaban J connectivity index is 0.712. The van der Waals surface area contributed by atoms with E-state index in [1.54, 1.807) is 65.2 Å². The van der Waals surface area contributed by atoms with Crippen molar-refractivity contribution < 1.29 is 104 Å². The van der Waals surface area contributed by atoms with Gasteiger partial charge in [-0.05, 0) is 106 Å². The number of unbranched alkanes of at least 4 members (excludes halogenated alkanes) is 1. The Hall–Kier alpha value is -8.70. The van der Waals surface area contributed by atoms with Crippen molar-refractivity contribution in [3.05, 3.63) is 111 Å². The minimum Gasteiger partial charge on any atom is -0.457 e. The number of sulfonamides is 1. The zero-order valence-electron chi connectivity index (χ0n) is 66.9. The number of para-hydroxylation sites is 1. The number of cyclic esters (lactones) is 1. The largest absolute Gasteiger partial charge is 0.510 e. The average Bonchev–Trinajstić information content (AvgIpc) is 1.67. The molecule has 2 aliphatic rings. The number of anilines is 1. The van der Waals surface area contributed by atoms with Crippen LogP contribution in [0.15, 0.2) is 76.9 Å². The average molecular weight is 1640 g/mol. The first-order chi connectivity index (χ1) is 55.4. The first-order valence-electron chi connectivity index (χ1n) is 38.9. The van der Waals surface area contributed by atoms with Gasteiger partial charge in [-0.15, -0.1) is 0 Å². The van der Waals surface area contributed by atoms with Crippen LogP contribution in [0.4, 0.5) is 15.3 Å². The normalized spacial score (nSPS) is 14.2. The molecule has 0 spiro atoms. The van der Waals surface area contributed by atoms with Crippen molar-refractivity contribution in [2.45, 2.75) is 154 Å². The Morgan fingerprint density at radius 2 is 1.29 bits per heavy atom. The summed E-state index contributed by atoms with van der Waals surface area (Å²) in [4.78, 5) is 133. The van der Waals surface area contributed by atoms with E-state index in [1.165, 1.54) is 39.0 Å². The van der Waals surface area contributed by atoms with E-state index in [9.17, 15) is 51.6 Å². The van der Waals surface area contributed by atoms with Gasteiger partial charge in [0, 0.05) is 105 Å². The number of carbonyl (C=O) groups excluding carboxylic acids is 8. The minimum absolute atomic E-state index is 0.0586. The summed E-state index contributed by atoms with van der Waals surface area (Å²) in [6.45, 7) is 14.1. The second kappa shape index (κ2) is 50.0. The number of Topliss-reactive ketones (excluding diaryl/α,β-unsaturated/α-hetero) is 3. The van der Waals surface area contributed by atoms with Gasteiger partial charge in [-0.25, -0.2) is 37.8 Å². The fourth-order valence-electron chi connectivity index (χ4n) is 12.7. The molecule has 34 heteroatoms. The molecule has 0 unspecified atom stereocenters. The van der Waals surface area contributed by atoms with Crippen LogP contribution in [-0.4, -0.2) is 236 Å². The van der Waals surface area contributed by atoms with E-state index in [1.807, 2.05) is 30.5 Å². The number of ether oxygens (including phenoxy) is 12. The number of rotatable bonds is 57. The first kappa shape index (κ1) is 93.5. The van der Waals surface area contributed by atoms with E-state index in [0.29, 0.717) is 178 Å². The number of nitrogens with one attached hydrogen (secondary N) is 3. The maximum atomic E-state index is 14.5. The lowest BCUT2D eigenvalue weighted by molar-refractivity contribution is -0.175. The number of primary amides is 1. The van der Waals surface area contributed by atoms with Crippen LogP contribution in [0.5, 0.6) is 0 Å². The Kier molecular flexibility index (Phi) is 40.7. The molecular weight excluding hydrogens is 1530 g/mol. The topological polar surface area (TPSA) is 407 Å². The van der Waals surface area contributed by atoms with Gasteiger partial charge in [-0.1, -0.05) is 74.7 Å². The summed E-state index contributed by atoms with van der Waals surface area (Å²) in [6, 6.07) is 13.0. The van der Waals surface area contributed by atoms with Crippen LogP contribution in [0.1, 0.15) is 139 Å². The van der Waals surface area contributed by atoms with E-state index < -0.39 is 75.5 Å². The number of hydrogen-bond donors (Lipinski definition) is 4. The van der Waals surface area contributed by atoms with Gasteiger partial charge in [-0.3, -0.25) is 28.8 Å². The van der Waals surface area contributed by atoms with E-state index in [2.05, 4.69) is 37.8 Å². The molecule has 0 saturated carbocycles. The number of nitrogens with two attached hydrogens (primary N) is 1. The summed E-state index contributed by atoms with van der Waals surface area (Å²) in [5.74, 6) is 2.30. The number of aromatic nitrogens is 4. The van der Waals surface area contributed by atoms with E-state index >= 15 is 0 Å². The molecule has 5 heterocycles. The Morgan fingerprint density at radius 1 is 0.713 bits per heavy atom. The number of fused-ring (bicyclic) bond motifs is 5. The number of nitrogens with zero attached hydrogens (tertiary/aromatic N) is 5. The molecule has 32 nitrogen and oxygen atoms in total. The minimum atomic E-state index is -3.56. The molecule has 4 amide bonds. The maximum Gasteiger partial charge on any atom is 0.510 e. The zero-order valence-corrected chi connectivity index (χ0v) is 68.6. The van der Waals surface area contributed by atoms with Crippen LogP contribution in [0.2, 0.25) is 0 Å². The lowest BCUT2D eigenvalue weighted by Gasteiger charge is -2.35. The van der Waals surface area contributed by atoms with Crippen molar-refractivity contribution in [3.63, 3.8) is 0 Å². The third-order valence-corrected chi connectivity index (χ3v) is 20.7. The highest BCUT2D eigenvalue weighted by Gasteiger charge is 2.51. The summed E-state index contributed by atoms with van der Waals surface area (Å²) in [5.41, 5.74) is 7.42. The van der Waals surface area contributed by atoms with Gasteiger partial charge >= 0.3 is 18.2 Å². The summed E-state index contributed by atoms with van der Waals surface area (Å²) in [7, 11) is -3.56. The third-order valence-electron chi connectivity index (χ3n) is 18.7. The van der Waals surface area contributed by atoms with Gasteiger partial charge in [0.25, 0.3) is 5.56 Å². The number of thioether (sulfide) groups is 1. The quantitative estimate of drug-likeness (QED) is 0.00953. The second-order valence-corrected chi connectivity index (χ2v) is 30.6. The number of ketones is 3. The third kappa shape index (κ3) is 31.4. The molecule has 2 aliphatic heterocycles. The predicted octanol–water partition coefficient (Wildman–Crippen LogP) is 7.34. The SMILES string of the molecule is CC[C@@]1(OC(=O)OCc2ccc(NC(=O)[C@H](CCCNC(N)=O)NC(=O)[C@@H](CC(=O)COCC(=O)CCCOCCOCCOCCOCCOCCOCCOCCOCCCC(=O)CCCC#Cc3cnc(SC)nc3)C(C)C)cc2)C(=O)OCc2c1cc1n(c2=O)Cc2c-1nc1ccccc1c2CCN(C(C)C)S(C)(=O)=O. The highest BCUT2D eigenvalue weighted by atomic mass is 32.2. The van der Waals surface area contributed by atoms with Crippen LogP contribution in [0.25, 0.3) is 22.3 Å². The number of urea groups is 1. The first-order valence-corrected chi connectivity index (χ1v) is 42.0. The molecule has 5 aromatic rings. The van der Waals surface area contributed by atoms with Gasteiger partial charge in [0.2, 0.25) is 27.4 Å². The molecule has 0 saturated heterocycles. The summed E-state index contributed by atoms with van der Waals surface area (Å²) in [6.07, 6.45) is 9.09. The molecule has 2 aromatic carbocycles. The Bertz CT molecular complexity index is 4230. The number of hydrogen-bond acceptors (Lipinski definition) is 27. The van der Waals surface area contributed by atoms with E-state index in [4.69, 9.17) is 67.6 Å². The highest BCUT2D eigenvalue weighted by Crippen LogP contribution is 2.43. The van der Waals surface area contributed by atoms with E-state index in [-0.39, 0.29) is 106 Å². The van der Waals surface area contributed by atoms with Crippen LogP contribution in [0.3, 0.4) is 0 Å². The van der Waals surface area contributed by atoms with Crippen molar-refractivity contribution in [2.75, 3.05) is 150 Å². The highest BCUT2D eigenvalue weighted by molar-refractivity contribution is 7.98. The summed E-state index contributed by atoms with van der Waals surface area (Å²) < 4.78 is 95.3. The lowest BCUT2D eigenvalue weighted by atomic mass is 9.85. The van der Waals surface area contributed by atoms with Gasteiger partial charge < -0.3 is 83.1 Å². The second-order valence-electron chi connectivity index (χ2n) is 27.9. The molecule has 3 aromatic heterocycles. The monoisotopic (exact) mass is 1640 g/mol. The molecule has 0 aliphatic carbocycles. The molecule has 5 N–H and O–H groups in total. The number of esters is 1. The van der Waals surface area contributed by atoms with Crippen LogP contribution in [0, 0.1) is 23.7 Å². The van der Waals surface area contributed by atoms with Crippen molar-refractivity contribution in [1.29, 1.82) is 0 Å². The van der Waals surface area contributed by atoms with Crippen LogP contribution >= 0.6 is 11.8 Å². The number of pyridine rings is 2. The fraction of sp³-hybridized carbons (Fsp3) is 0.580. The van der Waals surface area contributed by atoms with Crippen molar-refractivity contribution >= 4 is 85.7 Å². The molecule has 0 radical (unpaired) electrons. The standard InChI is InChI=1S/C81H111N9O23S2/c1-8-81(69-48-72-73-67(51-89(72)76(96)68(69)55-111-77(81)97)64(65-21-12-13-22-70(65)87-73)28-30-90(57(4)5)115(7,100)101)113-80(99)112-52-58-24-26-60(27-25-58)86-75(95)71(23-14-29-83-78(82)98)88-74(94)66(56(2)3)47-63(93)54-110-53-62(92)20-16-32-103-34-36-105-38-40-107-42-44-109-46-45-108-43-41-106-39-37-104-35-33-102-31-15-19-61(91)18-11-9-10-17-59-49-84-79(114-6)85-50-59/h12-13,21-22,24-27,48-50,56-57,66,71H,8-9,11,14-16,18-20,23,28-47,51-55H2,1-7H3,(H,86,95)(H,88,94)(H3,82,83,98)/t66-,71-,81-/m0/s1. The van der Waals surface area contributed by atoms with Crippen LogP contribution in [-0.2, 0) is 127 Å². The van der Waals surface area contributed by atoms with Crippen LogP contribution < -0.4 is 27.2 Å².